The average molecular weight is 478 g/mol. The van der Waals surface area contributed by atoms with Crippen LogP contribution in [0, 0.1) is 5.92 Å². The summed E-state index contributed by atoms with van der Waals surface area (Å²) in [6, 6.07) is 17.5. The first kappa shape index (κ1) is 24.8. The fraction of sp³-hybridized carbons (Fsp3) is 0.464. The van der Waals surface area contributed by atoms with Gasteiger partial charge in [0, 0.05) is 38.5 Å². The van der Waals surface area contributed by atoms with Crippen molar-refractivity contribution in [2.24, 2.45) is 5.92 Å². The zero-order chi connectivity index (χ0) is 24.7. The highest BCUT2D eigenvalue weighted by molar-refractivity contribution is 5.91. The predicted molar refractivity (Wildman–Crippen MR) is 134 cm³/mol. The summed E-state index contributed by atoms with van der Waals surface area (Å²) in [7, 11) is 1.63. The van der Waals surface area contributed by atoms with Crippen LogP contribution in [-0.2, 0) is 26.3 Å². The van der Waals surface area contributed by atoms with Gasteiger partial charge in [-0.25, -0.2) is 0 Å². The van der Waals surface area contributed by atoms with E-state index in [4.69, 9.17) is 4.74 Å². The fourth-order valence-corrected chi connectivity index (χ4v) is 4.85. The molecule has 0 bridgehead atoms. The Hall–Kier alpha value is -3.35. The molecule has 4 rings (SSSR count). The standard InChI is InChI=1S/C28H35N3O4/c1-35-24-11-9-23(10-12-24)28(15-16-28)27(34)31-18-5-8-22(13-17-29-25(32)14-19-31)26(33)30-20-21-6-3-2-4-7-21/h2-4,6-7,9-12,22H,5,8,13-20H2,1H3,(H,29,32)(H,30,33). The van der Waals surface area contributed by atoms with Crippen LogP contribution in [0.4, 0.5) is 0 Å². The zero-order valence-corrected chi connectivity index (χ0v) is 20.4. The van der Waals surface area contributed by atoms with Gasteiger partial charge in [-0.1, -0.05) is 42.5 Å². The maximum absolute atomic E-state index is 13.7. The molecule has 0 radical (unpaired) electrons. The summed E-state index contributed by atoms with van der Waals surface area (Å²) in [6.45, 7) is 1.89. The van der Waals surface area contributed by atoms with Crippen LogP contribution in [0.5, 0.6) is 5.75 Å². The Labute approximate surface area is 207 Å². The lowest BCUT2D eigenvalue weighted by Crippen LogP contribution is -2.42. The SMILES string of the molecule is COc1ccc(C2(C(=O)N3CCCC(C(=O)NCc4ccccc4)CCNC(=O)CC3)CC2)cc1. The van der Waals surface area contributed by atoms with E-state index in [9.17, 15) is 14.4 Å². The van der Waals surface area contributed by atoms with Crippen molar-refractivity contribution in [1.82, 2.24) is 15.5 Å². The summed E-state index contributed by atoms with van der Waals surface area (Å²) in [4.78, 5) is 40.8. The normalized spacial score (nSPS) is 20.2. The van der Waals surface area contributed by atoms with Gasteiger partial charge in [0.05, 0.1) is 12.5 Å². The number of hydrogen-bond acceptors (Lipinski definition) is 4. The first-order valence-corrected chi connectivity index (χ1v) is 12.5. The van der Waals surface area contributed by atoms with E-state index >= 15 is 0 Å². The van der Waals surface area contributed by atoms with E-state index in [1.165, 1.54) is 0 Å². The first-order valence-electron chi connectivity index (χ1n) is 12.5. The van der Waals surface area contributed by atoms with Crippen LogP contribution >= 0.6 is 0 Å². The Kier molecular flexibility index (Phi) is 8.06. The van der Waals surface area contributed by atoms with Gasteiger partial charge in [0.25, 0.3) is 0 Å². The van der Waals surface area contributed by atoms with Crippen LogP contribution in [0.3, 0.4) is 0 Å². The lowest BCUT2D eigenvalue weighted by molar-refractivity contribution is -0.134. The predicted octanol–water partition coefficient (Wildman–Crippen LogP) is 3.18. The number of nitrogens with zero attached hydrogens (tertiary/aromatic N) is 1. The Morgan fingerprint density at radius 3 is 2.49 bits per heavy atom. The molecule has 2 fully saturated rings. The fourth-order valence-electron chi connectivity index (χ4n) is 4.85. The van der Waals surface area contributed by atoms with Crippen molar-refractivity contribution in [2.75, 3.05) is 26.7 Å². The van der Waals surface area contributed by atoms with E-state index < -0.39 is 5.41 Å². The van der Waals surface area contributed by atoms with E-state index in [-0.39, 0.29) is 30.1 Å². The molecule has 1 aliphatic carbocycles. The number of carbonyl (C=O) groups excluding carboxylic acids is 3. The minimum Gasteiger partial charge on any atom is -0.497 e. The highest BCUT2D eigenvalue weighted by Gasteiger charge is 2.52. The molecule has 35 heavy (non-hydrogen) atoms. The number of benzene rings is 2. The van der Waals surface area contributed by atoms with Crippen molar-refractivity contribution >= 4 is 17.7 Å². The lowest BCUT2D eigenvalue weighted by Gasteiger charge is -2.28. The van der Waals surface area contributed by atoms with Crippen molar-refractivity contribution < 1.29 is 19.1 Å². The summed E-state index contributed by atoms with van der Waals surface area (Å²) in [5, 5.41) is 5.96. The molecule has 1 heterocycles. The van der Waals surface area contributed by atoms with Crippen LogP contribution < -0.4 is 15.4 Å². The Bertz CT molecular complexity index is 1020. The lowest BCUT2D eigenvalue weighted by atomic mass is 9.93. The minimum absolute atomic E-state index is 0.00267. The molecule has 7 nitrogen and oxygen atoms in total. The molecule has 0 aromatic heterocycles. The molecule has 2 aromatic carbocycles. The first-order chi connectivity index (χ1) is 17.0. The van der Waals surface area contributed by atoms with Crippen LogP contribution in [0.15, 0.2) is 54.6 Å². The van der Waals surface area contributed by atoms with E-state index in [1.807, 2.05) is 59.5 Å². The van der Waals surface area contributed by atoms with Gasteiger partial charge in [0.15, 0.2) is 0 Å². The van der Waals surface area contributed by atoms with E-state index in [0.717, 1.165) is 36.1 Å². The van der Waals surface area contributed by atoms with Gasteiger partial charge >= 0.3 is 0 Å². The Morgan fingerprint density at radius 1 is 1.06 bits per heavy atom. The summed E-state index contributed by atoms with van der Waals surface area (Å²) < 4.78 is 5.26. The molecule has 1 aliphatic heterocycles. The number of nitrogens with one attached hydrogen (secondary N) is 2. The summed E-state index contributed by atoms with van der Waals surface area (Å²) in [5.74, 6) is 0.561. The van der Waals surface area contributed by atoms with Crippen molar-refractivity contribution in [2.45, 2.75) is 50.5 Å². The molecule has 2 aliphatic rings. The second-order valence-corrected chi connectivity index (χ2v) is 9.53. The molecule has 1 atom stereocenters. The molecule has 1 saturated heterocycles. The summed E-state index contributed by atoms with van der Waals surface area (Å²) in [6.07, 6.45) is 3.89. The van der Waals surface area contributed by atoms with Crippen LogP contribution in [0.25, 0.3) is 0 Å². The highest BCUT2D eigenvalue weighted by Crippen LogP contribution is 2.50. The quantitative estimate of drug-likeness (QED) is 0.669. The average Bonchev–Trinajstić information content (AvgIpc) is 3.70. The third-order valence-electron chi connectivity index (χ3n) is 7.17. The second-order valence-electron chi connectivity index (χ2n) is 9.53. The van der Waals surface area contributed by atoms with Crippen LogP contribution in [0.1, 0.15) is 49.7 Å². The van der Waals surface area contributed by atoms with Gasteiger partial charge in [0.1, 0.15) is 5.75 Å². The van der Waals surface area contributed by atoms with Gasteiger partial charge in [-0.05, 0) is 55.4 Å². The molecule has 2 N–H and O–H groups in total. The number of amides is 3. The van der Waals surface area contributed by atoms with Crippen molar-refractivity contribution in [3.63, 3.8) is 0 Å². The van der Waals surface area contributed by atoms with Crippen molar-refractivity contribution in [3.8, 4) is 5.75 Å². The molecule has 0 spiro atoms. The summed E-state index contributed by atoms with van der Waals surface area (Å²) in [5.41, 5.74) is 1.55. The van der Waals surface area contributed by atoms with Crippen molar-refractivity contribution in [1.29, 1.82) is 0 Å². The van der Waals surface area contributed by atoms with E-state index in [2.05, 4.69) is 10.6 Å². The smallest absolute Gasteiger partial charge is 0.233 e. The number of methoxy groups -OCH3 is 1. The number of rotatable bonds is 6. The van der Waals surface area contributed by atoms with Gasteiger partial charge in [-0.15, -0.1) is 0 Å². The zero-order valence-electron chi connectivity index (χ0n) is 20.4. The monoisotopic (exact) mass is 477 g/mol. The molecule has 7 heteroatoms. The third-order valence-corrected chi connectivity index (χ3v) is 7.17. The van der Waals surface area contributed by atoms with Gasteiger partial charge in [-0.2, -0.15) is 0 Å². The van der Waals surface area contributed by atoms with Gasteiger partial charge < -0.3 is 20.3 Å². The summed E-state index contributed by atoms with van der Waals surface area (Å²) >= 11 is 0. The number of hydrogen-bond donors (Lipinski definition) is 2. The number of carbonyl (C=O) groups is 3. The number of ether oxygens (including phenoxy) is 1. The molecule has 2 aromatic rings. The Morgan fingerprint density at radius 2 is 1.80 bits per heavy atom. The molecular formula is C28H35N3O4. The minimum atomic E-state index is -0.505. The van der Waals surface area contributed by atoms with E-state index in [0.29, 0.717) is 39.0 Å². The molecule has 186 valence electrons. The maximum Gasteiger partial charge on any atom is 0.233 e. The molecule has 3 amide bonds. The van der Waals surface area contributed by atoms with Gasteiger partial charge in [-0.3, -0.25) is 14.4 Å². The molecule has 1 saturated carbocycles. The third kappa shape index (κ3) is 6.21. The molecular weight excluding hydrogens is 442 g/mol. The largest absolute Gasteiger partial charge is 0.497 e. The van der Waals surface area contributed by atoms with Crippen LogP contribution in [-0.4, -0.2) is 49.4 Å². The van der Waals surface area contributed by atoms with Gasteiger partial charge in [0.2, 0.25) is 17.7 Å². The van der Waals surface area contributed by atoms with Crippen molar-refractivity contribution in [3.05, 3.63) is 65.7 Å². The Balaban J connectivity index is 1.40. The second kappa shape index (κ2) is 11.4. The highest BCUT2D eigenvalue weighted by atomic mass is 16.5. The molecule has 1 unspecified atom stereocenters. The topological polar surface area (TPSA) is 87.7 Å². The van der Waals surface area contributed by atoms with Crippen LogP contribution in [0.2, 0.25) is 0 Å². The van der Waals surface area contributed by atoms with E-state index in [1.54, 1.807) is 7.11 Å². The maximum atomic E-state index is 13.7.